The van der Waals surface area contributed by atoms with Crippen molar-refractivity contribution in [1.29, 1.82) is 0 Å². The van der Waals surface area contributed by atoms with Crippen LogP contribution in [0.1, 0.15) is 0 Å². The number of nitrogens with zero attached hydrogens (tertiary/aromatic N) is 4. The van der Waals surface area contributed by atoms with Gasteiger partial charge < -0.3 is 4.57 Å². The molecule has 84 valence electrons. The minimum absolute atomic E-state index is 1.11. The fourth-order valence-corrected chi connectivity index (χ4v) is 1.83. The first-order chi connectivity index (χ1) is 8.33. The summed E-state index contributed by atoms with van der Waals surface area (Å²) in [6.45, 7) is 0. The Balaban J connectivity index is 2.05. The van der Waals surface area contributed by atoms with Gasteiger partial charge in [0.1, 0.15) is 18.1 Å². The molecule has 4 heteroatoms. The molecule has 2 heterocycles. The Labute approximate surface area is 99.4 Å². The topological polar surface area (TPSA) is 26.6 Å². The van der Waals surface area contributed by atoms with E-state index in [2.05, 4.69) is 27.8 Å². The third-order valence-corrected chi connectivity index (χ3v) is 2.70. The van der Waals surface area contributed by atoms with Crippen molar-refractivity contribution >= 4 is 0 Å². The number of rotatable bonds is 2. The van der Waals surface area contributed by atoms with E-state index in [1.807, 2.05) is 47.2 Å². The molecule has 2 aromatic heterocycles. The van der Waals surface area contributed by atoms with Crippen LogP contribution in [0.15, 0.2) is 61.7 Å². The molecule has 0 saturated carbocycles. The zero-order chi connectivity index (χ0) is 11.7. The summed E-state index contributed by atoms with van der Waals surface area (Å²) in [4.78, 5) is 4.06. The molecule has 3 rings (SSSR count). The Hall–Kier alpha value is -2.36. The van der Waals surface area contributed by atoms with E-state index in [1.165, 1.54) is 0 Å². The van der Waals surface area contributed by atoms with Crippen molar-refractivity contribution < 1.29 is 4.57 Å². The monoisotopic (exact) mass is 225 g/mol. The number of hydrogen-bond donors (Lipinski definition) is 0. The summed E-state index contributed by atoms with van der Waals surface area (Å²) in [5.41, 5.74) is 2.24. The highest BCUT2D eigenvalue weighted by atomic mass is 15.1. The van der Waals surface area contributed by atoms with Crippen molar-refractivity contribution in [2.75, 3.05) is 0 Å². The van der Waals surface area contributed by atoms with Crippen LogP contribution in [-0.2, 0) is 7.05 Å². The van der Waals surface area contributed by atoms with Crippen molar-refractivity contribution in [3.63, 3.8) is 0 Å². The van der Waals surface area contributed by atoms with E-state index in [4.69, 9.17) is 0 Å². The highest BCUT2D eigenvalue weighted by molar-refractivity contribution is 5.43. The Morgan fingerprint density at radius 3 is 2.59 bits per heavy atom. The zero-order valence-corrected chi connectivity index (χ0v) is 9.56. The Morgan fingerprint density at radius 2 is 1.94 bits per heavy atom. The van der Waals surface area contributed by atoms with Gasteiger partial charge in [0.15, 0.2) is 0 Å². The largest absolute Gasteiger partial charge is 0.306 e. The van der Waals surface area contributed by atoms with Crippen LogP contribution < -0.4 is 4.57 Å². The molecule has 3 aromatic rings. The summed E-state index contributed by atoms with van der Waals surface area (Å²) in [6.07, 6.45) is 11.6. The molecule has 4 nitrogen and oxygen atoms in total. The van der Waals surface area contributed by atoms with Gasteiger partial charge in [-0.1, -0.05) is 6.07 Å². The van der Waals surface area contributed by atoms with Gasteiger partial charge in [-0.2, -0.15) is 0 Å². The van der Waals surface area contributed by atoms with Crippen LogP contribution in [0.4, 0.5) is 0 Å². The van der Waals surface area contributed by atoms with Crippen LogP contribution in [0, 0.1) is 0 Å². The van der Waals surface area contributed by atoms with Gasteiger partial charge in [-0.3, -0.25) is 0 Å². The molecular weight excluding hydrogens is 212 g/mol. The molecule has 0 unspecified atom stereocenters. The maximum Gasteiger partial charge on any atom is 0.248 e. The molecule has 0 aliphatic heterocycles. The Bertz CT molecular complexity index is 622. The molecule has 0 fully saturated rings. The maximum absolute atomic E-state index is 4.06. The van der Waals surface area contributed by atoms with E-state index in [-0.39, 0.29) is 0 Å². The molecule has 0 amide bonds. The number of imidazole rings is 2. The van der Waals surface area contributed by atoms with E-state index in [9.17, 15) is 0 Å². The van der Waals surface area contributed by atoms with Gasteiger partial charge in [-0.15, -0.1) is 0 Å². The summed E-state index contributed by atoms with van der Waals surface area (Å²) >= 11 is 0. The molecule has 0 saturated heterocycles. The molecule has 0 aliphatic rings. The van der Waals surface area contributed by atoms with E-state index < -0.39 is 0 Å². The van der Waals surface area contributed by atoms with Gasteiger partial charge in [0.25, 0.3) is 0 Å². The van der Waals surface area contributed by atoms with Crippen LogP contribution in [-0.4, -0.2) is 14.1 Å². The van der Waals surface area contributed by atoms with E-state index in [0.29, 0.717) is 0 Å². The molecule has 0 radical (unpaired) electrons. The predicted molar refractivity (Wildman–Crippen MR) is 64.1 cm³/mol. The molecule has 17 heavy (non-hydrogen) atoms. The second-order valence-corrected chi connectivity index (χ2v) is 3.98. The Morgan fingerprint density at radius 1 is 1.12 bits per heavy atom. The van der Waals surface area contributed by atoms with Gasteiger partial charge in [0.05, 0.1) is 19.1 Å². The fraction of sp³-hybridized carbons (Fsp3) is 0.0769. The fourth-order valence-electron chi connectivity index (χ4n) is 1.83. The number of aromatic nitrogens is 4. The van der Waals surface area contributed by atoms with Gasteiger partial charge in [-0.05, 0) is 12.1 Å². The van der Waals surface area contributed by atoms with Crippen LogP contribution in [0.2, 0.25) is 0 Å². The van der Waals surface area contributed by atoms with Crippen molar-refractivity contribution in [3.05, 3.63) is 61.7 Å². The standard InChI is InChI=1S/C13H13N4/c1-15-7-8-17(11-15)13-4-2-3-12(9-13)16-6-5-14-10-16/h2-11H,1H3/q+1. The second kappa shape index (κ2) is 3.90. The van der Waals surface area contributed by atoms with Gasteiger partial charge in [0, 0.05) is 18.5 Å². The molecule has 0 atom stereocenters. The highest BCUT2D eigenvalue weighted by Crippen LogP contribution is 2.13. The van der Waals surface area contributed by atoms with Crippen molar-refractivity contribution in [2.24, 2.45) is 7.05 Å². The summed E-state index contributed by atoms with van der Waals surface area (Å²) in [5, 5.41) is 0. The average Bonchev–Trinajstić information content (AvgIpc) is 3.00. The van der Waals surface area contributed by atoms with Crippen molar-refractivity contribution in [1.82, 2.24) is 14.1 Å². The number of benzene rings is 1. The summed E-state index contributed by atoms with van der Waals surface area (Å²) in [7, 11) is 2.01. The lowest BCUT2D eigenvalue weighted by molar-refractivity contribution is -0.670. The van der Waals surface area contributed by atoms with Gasteiger partial charge >= 0.3 is 0 Å². The van der Waals surface area contributed by atoms with Crippen LogP contribution in [0.25, 0.3) is 11.4 Å². The molecule has 0 spiro atoms. The minimum atomic E-state index is 1.11. The molecular formula is C13H13N4+. The summed E-state index contributed by atoms with van der Waals surface area (Å²) < 4.78 is 6.09. The predicted octanol–water partition coefficient (Wildman–Crippen LogP) is 1.49. The first-order valence-electron chi connectivity index (χ1n) is 5.45. The van der Waals surface area contributed by atoms with Gasteiger partial charge in [0.2, 0.25) is 6.33 Å². The smallest absolute Gasteiger partial charge is 0.248 e. The van der Waals surface area contributed by atoms with Crippen LogP contribution in [0.5, 0.6) is 0 Å². The second-order valence-electron chi connectivity index (χ2n) is 3.98. The van der Waals surface area contributed by atoms with Crippen molar-refractivity contribution in [2.45, 2.75) is 0 Å². The molecule has 1 aromatic carbocycles. The van der Waals surface area contributed by atoms with E-state index in [0.717, 1.165) is 11.4 Å². The van der Waals surface area contributed by atoms with E-state index in [1.54, 1.807) is 12.5 Å². The minimum Gasteiger partial charge on any atom is -0.306 e. The zero-order valence-electron chi connectivity index (χ0n) is 9.56. The van der Waals surface area contributed by atoms with Crippen LogP contribution in [0.3, 0.4) is 0 Å². The lowest BCUT2D eigenvalue weighted by Gasteiger charge is -2.02. The molecule has 0 bridgehead atoms. The maximum atomic E-state index is 4.06. The average molecular weight is 225 g/mol. The lowest BCUT2D eigenvalue weighted by atomic mass is 10.2. The third-order valence-electron chi connectivity index (χ3n) is 2.70. The molecule has 0 aliphatic carbocycles. The SMILES string of the molecule is C[n+]1ccn(-c2cccc(-n3ccnc3)c2)c1. The number of hydrogen-bond acceptors (Lipinski definition) is 1. The quantitative estimate of drug-likeness (QED) is 0.607. The lowest BCUT2D eigenvalue weighted by Crippen LogP contribution is -2.23. The summed E-state index contributed by atoms with van der Waals surface area (Å²) in [5.74, 6) is 0. The summed E-state index contributed by atoms with van der Waals surface area (Å²) in [6, 6.07) is 8.32. The van der Waals surface area contributed by atoms with Crippen molar-refractivity contribution in [3.8, 4) is 11.4 Å². The molecule has 0 N–H and O–H groups in total. The highest BCUT2D eigenvalue weighted by Gasteiger charge is 2.05. The van der Waals surface area contributed by atoms with E-state index >= 15 is 0 Å². The normalized spacial score (nSPS) is 10.6. The number of aryl methyl sites for hydroxylation is 1. The van der Waals surface area contributed by atoms with Crippen LogP contribution >= 0.6 is 0 Å². The van der Waals surface area contributed by atoms with Gasteiger partial charge in [-0.25, -0.2) is 14.1 Å². The first-order valence-corrected chi connectivity index (χ1v) is 5.45. The third kappa shape index (κ3) is 1.85. The Kier molecular flexibility index (Phi) is 2.26. The first kappa shape index (κ1) is 9.84.